The van der Waals surface area contributed by atoms with Crippen LogP contribution in [0.4, 0.5) is 5.82 Å². The van der Waals surface area contributed by atoms with Gasteiger partial charge in [-0.3, -0.25) is 9.59 Å². The molecule has 0 spiro atoms. The normalized spacial score (nSPS) is 11.8. The Bertz CT molecular complexity index is 962. The van der Waals surface area contributed by atoms with Crippen LogP contribution in [0.1, 0.15) is 24.1 Å². The van der Waals surface area contributed by atoms with Gasteiger partial charge in [-0.15, -0.1) is 0 Å². The highest BCUT2D eigenvalue weighted by Crippen LogP contribution is 2.19. The van der Waals surface area contributed by atoms with Crippen LogP contribution in [0.2, 0.25) is 0 Å². The Balaban J connectivity index is 1.56. The number of carbonyl (C=O) groups excluding carboxylic acids is 2. The topological polar surface area (TPSA) is 123 Å². The third-order valence-electron chi connectivity index (χ3n) is 3.82. The molecule has 1 atom stereocenters. The first-order valence-corrected chi connectivity index (χ1v) is 8.34. The van der Waals surface area contributed by atoms with Gasteiger partial charge in [0.15, 0.2) is 5.82 Å². The lowest BCUT2D eigenvalue weighted by molar-refractivity contribution is -0.126. The number of benzene rings is 1. The highest BCUT2D eigenvalue weighted by atomic mass is 16.5. The van der Waals surface area contributed by atoms with Crippen LogP contribution in [0.25, 0.3) is 11.4 Å². The van der Waals surface area contributed by atoms with Crippen molar-refractivity contribution in [1.29, 1.82) is 0 Å². The zero-order valence-corrected chi connectivity index (χ0v) is 15.1. The average Bonchev–Trinajstić information content (AvgIpc) is 3.24. The van der Waals surface area contributed by atoms with Gasteiger partial charge in [-0.2, -0.15) is 4.98 Å². The molecule has 0 fully saturated rings. The molecule has 9 nitrogen and oxygen atoms in total. The van der Waals surface area contributed by atoms with Gasteiger partial charge in [0.25, 0.3) is 0 Å². The third-order valence-corrected chi connectivity index (χ3v) is 3.82. The van der Waals surface area contributed by atoms with E-state index in [9.17, 15) is 9.59 Å². The summed E-state index contributed by atoms with van der Waals surface area (Å²) in [6.45, 7) is 5.21. The van der Waals surface area contributed by atoms with Crippen molar-refractivity contribution < 1.29 is 18.6 Å². The molecule has 2 amide bonds. The SMILES string of the molecule is Cc1cc(NC(=O)C(C)NC(=O)Cc2nc(-c3ccccc3C)no2)no1. The molecule has 0 radical (unpaired) electrons. The molecule has 27 heavy (non-hydrogen) atoms. The average molecular weight is 369 g/mol. The van der Waals surface area contributed by atoms with Gasteiger partial charge >= 0.3 is 0 Å². The van der Waals surface area contributed by atoms with Crippen LogP contribution in [-0.2, 0) is 16.0 Å². The first kappa shape index (κ1) is 18.3. The molecule has 2 N–H and O–H groups in total. The summed E-state index contributed by atoms with van der Waals surface area (Å²) in [6, 6.07) is 8.42. The van der Waals surface area contributed by atoms with Gasteiger partial charge in [0, 0.05) is 11.6 Å². The van der Waals surface area contributed by atoms with E-state index < -0.39 is 17.9 Å². The Morgan fingerprint density at radius 1 is 1.15 bits per heavy atom. The molecule has 0 saturated heterocycles. The quantitative estimate of drug-likeness (QED) is 0.681. The predicted molar refractivity (Wildman–Crippen MR) is 95.6 cm³/mol. The molecule has 0 aliphatic carbocycles. The molecule has 0 saturated carbocycles. The third kappa shape index (κ3) is 4.57. The van der Waals surface area contributed by atoms with Crippen molar-refractivity contribution in [2.45, 2.75) is 33.2 Å². The number of hydrogen-bond acceptors (Lipinski definition) is 7. The Labute approximate surface area is 155 Å². The van der Waals surface area contributed by atoms with Crippen LogP contribution in [0, 0.1) is 13.8 Å². The molecule has 3 aromatic rings. The van der Waals surface area contributed by atoms with E-state index in [0.717, 1.165) is 11.1 Å². The van der Waals surface area contributed by atoms with Crippen molar-refractivity contribution in [2.75, 3.05) is 5.32 Å². The predicted octanol–water partition coefficient (Wildman–Crippen LogP) is 2.03. The molecule has 2 heterocycles. The Hall–Kier alpha value is -3.49. The van der Waals surface area contributed by atoms with Crippen LogP contribution < -0.4 is 10.6 Å². The molecule has 0 aliphatic heterocycles. The molecule has 9 heteroatoms. The highest BCUT2D eigenvalue weighted by molar-refractivity contribution is 5.96. The minimum absolute atomic E-state index is 0.125. The van der Waals surface area contributed by atoms with Crippen LogP contribution >= 0.6 is 0 Å². The van der Waals surface area contributed by atoms with E-state index in [4.69, 9.17) is 9.05 Å². The zero-order chi connectivity index (χ0) is 19.4. The fraction of sp³-hybridized carbons (Fsp3) is 0.278. The number of aryl methyl sites for hydroxylation is 2. The number of nitrogens with one attached hydrogen (secondary N) is 2. The summed E-state index contributed by atoms with van der Waals surface area (Å²) < 4.78 is 10.0. The van der Waals surface area contributed by atoms with Crippen LogP contribution in [0.3, 0.4) is 0 Å². The van der Waals surface area contributed by atoms with E-state index in [0.29, 0.717) is 17.4 Å². The summed E-state index contributed by atoms with van der Waals surface area (Å²) >= 11 is 0. The second-order valence-corrected chi connectivity index (χ2v) is 6.10. The van der Waals surface area contributed by atoms with Crippen LogP contribution in [-0.4, -0.2) is 33.2 Å². The smallest absolute Gasteiger partial charge is 0.247 e. The van der Waals surface area contributed by atoms with Gasteiger partial charge < -0.3 is 19.7 Å². The molecule has 1 unspecified atom stereocenters. The monoisotopic (exact) mass is 369 g/mol. The number of anilines is 1. The lowest BCUT2D eigenvalue weighted by Crippen LogP contribution is -2.42. The molecule has 140 valence electrons. The fourth-order valence-corrected chi connectivity index (χ4v) is 2.42. The standard InChI is InChI=1S/C18H19N5O4/c1-10-6-4-5-7-13(10)17-21-16(27-23-17)9-15(24)19-12(3)18(25)20-14-8-11(2)26-22-14/h4-8,12H,9H2,1-3H3,(H,19,24)(H,20,22,25). The van der Waals surface area contributed by atoms with Gasteiger partial charge in [0.05, 0.1) is 0 Å². The first-order valence-electron chi connectivity index (χ1n) is 8.34. The highest BCUT2D eigenvalue weighted by Gasteiger charge is 2.19. The molecule has 0 bridgehead atoms. The van der Waals surface area contributed by atoms with Crippen molar-refractivity contribution in [3.8, 4) is 11.4 Å². The summed E-state index contributed by atoms with van der Waals surface area (Å²) in [5.41, 5.74) is 1.84. The summed E-state index contributed by atoms with van der Waals surface area (Å²) in [6.07, 6.45) is -0.125. The van der Waals surface area contributed by atoms with Crippen molar-refractivity contribution in [3.63, 3.8) is 0 Å². The fourth-order valence-electron chi connectivity index (χ4n) is 2.42. The summed E-state index contributed by atoms with van der Waals surface area (Å²) in [5, 5.41) is 12.7. The van der Waals surface area contributed by atoms with Crippen molar-refractivity contribution >= 4 is 17.6 Å². The molecular weight excluding hydrogens is 350 g/mol. The Morgan fingerprint density at radius 2 is 1.93 bits per heavy atom. The van der Waals surface area contributed by atoms with Crippen molar-refractivity contribution in [2.24, 2.45) is 0 Å². The summed E-state index contributed by atoms with van der Waals surface area (Å²) in [4.78, 5) is 28.5. The minimum atomic E-state index is -0.770. The lowest BCUT2D eigenvalue weighted by atomic mass is 10.1. The van der Waals surface area contributed by atoms with Gasteiger partial charge in [-0.1, -0.05) is 34.6 Å². The molecule has 1 aromatic carbocycles. The van der Waals surface area contributed by atoms with Gasteiger partial charge in [-0.25, -0.2) is 0 Å². The van der Waals surface area contributed by atoms with E-state index >= 15 is 0 Å². The molecule has 2 aromatic heterocycles. The number of hydrogen-bond donors (Lipinski definition) is 2. The van der Waals surface area contributed by atoms with Gasteiger partial charge in [-0.05, 0) is 26.3 Å². The Morgan fingerprint density at radius 3 is 2.63 bits per heavy atom. The van der Waals surface area contributed by atoms with E-state index in [2.05, 4.69) is 25.9 Å². The van der Waals surface area contributed by atoms with E-state index in [-0.39, 0.29) is 12.3 Å². The summed E-state index contributed by atoms with van der Waals surface area (Å²) in [5.74, 6) is 0.631. The lowest BCUT2D eigenvalue weighted by Gasteiger charge is -2.11. The van der Waals surface area contributed by atoms with Crippen LogP contribution in [0.5, 0.6) is 0 Å². The zero-order valence-electron chi connectivity index (χ0n) is 15.1. The Kier molecular flexibility index (Phi) is 5.30. The molecule has 0 aliphatic rings. The minimum Gasteiger partial charge on any atom is -0.360 e. The largest absolute Gasteiger partial charge is 0.360 e. The maximum absolute atomic E-state index is 12.1. The van der Waals surface area contributed by atoms with Crippen molar-refractivity contribution in [3.05, 3.63) is 47.5 Å². The first-order chi connectivity index (χ1) is 12.9. The van der Waals surface area contributed by atoms with E-state index in [1.807, 2.05) is 31.2 Å². The van der Waals surface area contributed by atoms with Crippen LogP contribution in [0.15, 0.2) is 39.4 Å². The number of nitrogens with zero attached hydrogens (tertiary/aromatic N) is 3. The number of rotatable bonds is 6. The summed E-state index contributed by atoms with van der Waals surface area (Å²) in [7, 11) is 0. The van der Waals surface area contributed by atoms with Gasteiger partial charge in [0.1, 0.15) is 18.2 Å². The van der Waals surface area contributed by atoms with E-state index in [1.165, 1.54) is 0 Å². The second-order valence-electron chi connectivity index (χ2n) is 6.10. The maximum Gasteiger partial charge on any atom is 0.247 e. The van der Waals surface area contributed by atoms with Crippen molar-refractivity contribution in [1.82, 2.24) is 20.6 Å². The molecule has 3 rings (SSSR count). The number of carbonyl (C=O) groups is 2. The number of aromatic nitrogens is 3. The van der Waals surface area contributed by atoms with E-state index in [1.54, 1.807) is 19.9 Å². The van der Waals surface area contributed by atoms with Gasteiger partial charge in [0.2, 0.25) is 23.5 Å². The maximum atomic E-state index is 12.1. The second kappa shape index (κ2) is 7.81. The number of amides is 2. The molecular formula is C18H19N5O4.